The molecule has 0 amide bonds. The van der Waals surface area contributed by atoms with Crippen LogP contribution in [0.2, 0.25) is 0 Å². The maximum absolute atomic E-state index is 5.43. The fraction of sp³-hybridized carbons (Fsp3) is 0.500. The smallest absolute Gasteiger partial charge is 0.0300 e. The predicted molar refractivity (Wildman–Crippen MR) is 51.0 cm³/mol. The summed E-state index contributed by atoms with van der Waals surface area (Å²) >= 11 is 0. The molecule has 0 aliphatic carbocycles. The van der Waals surface area contributed by atoms with Crippen LogP contribution in [0.25, 0.3) is 0 Å². The molecule has 1 heterocycles. The normalized spacial score (nSPS) is 10.2. The molecule has 2 heteroatoms. The van der Waals surface area contributed by atoms with Gasteiger partial charge in [0, 0.05) is 12.4 Å². The van der Waals surface area contributed by atoms with E-state index in [0.717, 1.165) is 25.8 Å². The van der Waals surface area contributed by atoms with Gasteiger partial charge in [0.15, 0.2) is 0 Å². The number of hydrogen-bond acceptors (Lipinski definition) is 2. The van der Waals surface area contributed by atoms with Crippen molar-refractivity contribution in [2.24, 2.45) is 5.73 Å². The summed E-state index contributed by atoms with van der Waals surface area (Å²) in [4.78, 5) is 4.17. The van der Waals surface area contributed by atoms with Gasteiger partial charge in [0.1, 0.15) is 0 Å². The Morgan fingerprint density at radius 1 is 1.33 bits per heavy atom. The topological polar surface area (TPSA) is 38.9 Å². The van der Waals surface area contributed by atoms with Gasteiger partial charge < -0.3 is 5.73 Å². The molecule has 0 radical (unpaired) electrons. The second kappa shape index (κ2) is 4.88. The third-order valence-corrected chi connectivity index (χ3v) is 1.93. The lowest BCUT2D eigenvalue weighted by molar-refractivity contribution is 0.826. The maximum atomic E-state index is 5.43. The highest BCUT2D eigenvalue weighted by molar-refractivity contribution is 5.17. The Morgan fingerprint density at radius 3 is 2.75 bits per heavy atom. The summed E-state index contributed by atoms with van der Waals surface area (Å²) in [6.07, 6.45) is 7.01. The highest BCUT2D eigenvalue weighted by Gasteiger charge is 1.94. The van der Waals surface area contributed by atoms with Crippen molar-refractivity contribution >= 4 is 0 Å². The zero-order chi connectivity index (χ0) is 8.81. The van der Waals surface area contributed by atoms with Crippen molar-refractivity contribution in [3.63, 3.8) is 0 Å². The van der Waals surface area contributed by atoms with E-state index in [9.17, 15) is 0 Å². The Kier molecular flexibility index (Phi) is 3.74. The van der Waals surface area contributed by atoms with E-state index in [1.165, 1.54) is 11.1 Å². The van der Waals surface area contributed by atoms with Gasteiger partial charge in [-0.3, -0.25) is 4.98 Å². The van der Waals surface area contributed by atoms with Crippen LogP contribution in [0.3, 0.4) is 0 Å². The van der Waals surface area contributed by atoms with Crippen LogP contribution in [0.1, 0.15) is 24.5 Å². The minimum atomic E-state index is 0.760. The minimum Gasteiger partial charge on any atom is -0.330 e. The fourth-order valence-corrected chi connectivity index (χ4v) is 1.18. The summed E-state index contributed by atoms with van der Waals surface area (Å²) in [5.41, 5.74) is 8.04. The molecule has 1 rings (SSSR count). The van der Waals surface area contributed by atoms with Crippen LogP contribution in [0.4, 0.5) is 0 Å². The third kappa shape index (κ3) is 2.62. The number of hydrogen-bond donors (Lipinski definition) is 1. The summed E-state index contributed by atoms with van der Waals surface area (Å²) in [6.45, 7) is 2.90. The highest BCUT2D eigenvalue weighted by atomic mass is 14.6. The molecule has 0 bridgehead atoms. The number of aromatic nitrogens is 1. The van der Waals surface area contributed by atoms with E-state index in [0.29, 0.717) is 0 Å². The second-order valence-corrected chi connectivity index (χ2v) is 2.95. The molecule has 0 spiro atoms. The van der Waals surface area contributed by atoms with E-state index in [-0.39, 0.29) is 0 Å². The molecule has 0 atom stereocenters. The quantitative estimate of drug-likeness (QED) is 0.733. The zero-order valence-electron chi connectivity index (χ0n) is 7.59. The van der Waals surface area contributed by atoms with Gasteiger partial charge in [-0.25, -0.2) is 0 Å². The molecule has 66 valence electrons. The van der Waals surface area contributed by atoms with E-state index < -0.39 is 0 Å². The van der Waals surface area contributed by atoms with E-state index in [1.54, 1.807) is 0 Å². The van der Waals surface area contributed by atoms with Crippen LogP contribution < -0.4 is 5.73 Å². The van der Waals surface area contributed by atoms with Gasteiger partial charge in [0.25, 0.3) is 0 Å². The number of nitrogens with zero attached hydrogens (tertiary/aromatic N) is 1. The van der Waals surface area contributed by atoms with Gasteiger partial charge >= 0.3 is 0 Å². The van der Waals surface area contributed by atoms with E-state index in [1.807, 2.05) is 12.4 Å². The van der Waals surface area contributed by atoms with Crippen LogP contribution >= 0.6 is 0 Å². The molecule has 12 heavy (non-hydrogen) atoms. The molecule has 0 aliphatic heterocycles. The van der Waals surface area contributed by atoms with Crippen LogP contribution in [0.15, 0.2) is 18.5 Å². The largest absolute Gasteiger partial charge is 0.330 e. The summed E-state index contributed by atoms with van der Waals surface area (Å²) in [5.74, 6) is 0. The van der Waals surface area contributed by atoms with E-state index in [4.69, 9.17) is 5.73 Å². The number of aryl methyl sites for hydroxylation is 2. The van der Waals surface area contributed by atoms with Crippen molar-refractivity contribution in [2.45, 2.75) is 26.2 Å². The van der Waals surface area contributed by atoms with Crippen LogP contribution in [-0.4, -0.2) is 11.5 Å². The van der Waals surface area contributed by atoms with Gasteiger partial charge in [-0.15, -0.1) is 0 Å². The molecule has 2 nitrogen and oxygen atoms in total. The van der Waals surface area contributed by atoms with E-state index >= 15 is 0 Å². The maximum Gasteiger partial charge on any atom is 0.0300 e. The Balaban J connectivity index is 2.60. The monoisotopic (exact) mass is 164 g/mol. The first-order valence-electron chi connectivity index (χ1n) is 4.49. The Morgan fingerprint density at radius 2 is 2.08 bits per heavy atom. The number of pyridine rings is 1. The lowest BCUT2D eigenvalue weighted by atomic mass is 10.1. The first kappa shape index (κ1) is 9.20. The van der Waals surface area contributed by atoms with Crippen LogP contribution in [0, 0.1) is 0 Å². The SMILES string of the molecule is CCc1cncc(CCCN)c1. The molecule has 0 fully saturated rings. The average molecular weight is 164 g/mol. The predicted octanol–water partition coefficient (Wildman–Crippen LogP) is 1.54. The summed E-state index contributed by atoms with van der Waals surface area (Å²) in [5, 5.41) is 0. The summed E-state index contributed by atoms with van der Waals surface area (Å²) in [6, 6.07) is 2.21. The molecule has 0 saturated carbocycles. The Labute approximate surface area is 73.8 Å². The van der Waals surface area contributed by atoms with Crippen molar-refractivity contribution in [2.75, 3.05) is 6.54 Å². The van der Waals surface area contributed by atoms with Crippen molar-refractivity contribution in [1.29, 1.82) is 0 Å². The first-order valence-corrected chi connectivity index (χ1v) is 4.49. The van der Waals surface area contributed by atoms with E-state index in [2.05, 4.69) is 18.0 Å². The molecule has 0 aromatic carbocycles. The molecule has 1 aromatic heterocycles. The molecule has 0 saturated heterocycles. The van der Waals surface area contributed by atoms with Gasteiger partial charge in [-0.2, -0.15) is 0 Å². The molecule has 1 aromatic rings. The van der Waals surface area contributed by atoms with Crippen LogP contribution in [-0.2, 0) is 12.8 Å². The number of rotatable bonds is 4. The van der Waals surface area contributed by atoms with Crippen molar-refractivity contribution < 1.29 is 0 Å². The molecule has 0 aliphatic rings. The Bertz CT molecular complexity index is 233. The molecular weight excluding hydrogens is 148 g/mol. The van der Waals surface area contributed by atoms with Gasteiger partial charge in [-0.1, -0.05) is 13.0 Å². The third-order valence-electron chi connectivity index (χ3n) is 1.93. The van der Waals surface area contributed by atoms with Gasteiger partial charge in [0.05, 0.1) is 0 Å². The fourth-order valence-electron chi connectivity index (χ4n) is 1.18. The zero-order valence-corrected chi connectivity index (χ0v) is 7.59. The van der Waals surface area contributed by atoms with Crippen molar-refractivity contribution in [3.8, 4) is 0 Å². The van der Waals surface area contributed by atoms with Crippen molar-refractivity contribution in [1.82, 2.24) is 4.98 Å². The first-order chi connectivity index (χ1) is 5.86. The summed E-state index contributed by atoms with van der Waals surface area (Å²) in [7, 11) is 0. The van der Waals surface area contributed by atoms with Crippen LogP contribution in [0.5, 0.6) is 0 Å². The van der Waals surface area contributed by atoms with Gasteiger partial charge in [0.2, 0.25) is 0 Å². The molecular formula is C10H16N2. The lowest BCUT2D eigenvalue weighted by Gasteiger charge is -2.01. The Hall–Kier alpha value is -0.890. The van der Waals surface area contributed by atoms with Gasteiger partial charge in [-0.05, 0) is 36.9 Å². The molecule has 0 unspecified atom stereocenters. The second-order valence-electron chi connectivity index (χ2n) is 2.95. The minimum absolute atomic E-state index is 0.760. The molecule has 2 N–H and O–H groups in total. The van der Waals surface area contributed by atoms with Crippen molar-refractivity contribution in [3.05, 3.63) is 29.6 Å². The summed E-state index contributed by atoms with van der Waals surface area (Å²) < 4.78 is 0. The number of nitrogens with two attached hydrogens (primary N) is 1. The highest BCUT2D eigenvalue weighted by Crippen LogP contribution is 2.05. The standard InChI is InChI=1S/C10H16N2/c1-2-9-6-10(4-3-5-11)8-12-7-9/h6-8H,2-5,11H2,1H3. The average Bonchev–Trinajstić information content (AvgIpc) is 2.15. The lowest BCUT2D eigenvalue weighted by Crippen LogP contribution is -2.00.